The molecule has 0 saturated heterocycles. The van der Waals surface area contributed by atoms with E-state index in [4.69, 9.17) is 20.8 Å². The Morgan fingerprint density at radius 1 is 0.929 bits per heavy atom. The number of fused-ring (bicyclic) bond motifs is 5. The summed E-state index contributed by atoms with van der Waals surface area (Å²) in [5.74, 6) is 0.807. The van der Waals surface area contributed by atoms with Crippen molar-refractivity contribution in [3.63, 3.8) is 0 Å². The minimum absolute atomic E-state index is 0.301. The molecule has 0 aliphatic carbocycles. The second kappa shape index (κ2) is 6.97. The van der Waals surface area contributed by atoms with Crippen molar-refractivity contribution in [1.29, 1.82) is 0 Å². The molecule has 5 rings (SSSR count). The molecule has 1 N–H and O–H groups in total. The second-order valence-corrected chi connectivity index (χ2v) is 7.63. The van der Waals surface area contributed by atoms with Gasteiger partial charge in [-0.2, -0.15) is 0 Å². The maximum Gasteiger partial charge on any atom is 0.344 e. The number of ether oxygens (including phenoxy) is 1. The van der Waals surface area contributed by atoms with Crippen LogP contribution in [0.2, 0.25) is 5.02 Å². The van der Waals surface area contributed by atoms with Crippen molar-refractivity contribution in [2.75, 3.05) is 13.3 Å². The van der Waals surface area contributed by atoms with Crippen LogP contribution in [0.25, 0.3) is 21.7 Å². The molecule has 0 saturated carbocycles. The summed E-state index contributed by atoms with van der Waals surface area (Å²) in [5, 5.41) is 3.24. The van der Waals surface area contributed by atoms with Gasteiger partial charge in [-0.15, -0.1) is 0 Å². The molecular weight excluding hydrogens is 374 g/mol. The zero-order valence-electron chi connectivity index (χ0n) is 15.2. The zero-order chi connectivity index (χ0) is 19.1. The summed E-state index contributed by atoms with van der Waals surface area (Å²) in [6, 6.07) is 19.5. The van der Waals surface area contributed by atoms with E-state index in [9.17, 15) is 4.79 Å². The fourth-order valence-corrected chi connectivity index (χ4v) is 4.02. The lowest BCUT2D eigenvalue weighted by Gasteiger charge is -2.26. The van der Waals surface area contributed by atoms with Crippen LogP contribution in [0.3, 0.4) is 0 Å². The maximum absolute atomic E-state index is 12.5. The fraction of sp³-hybridized carbons (Fsp3) is 0.174. The van der Waals surface area contributed by atoms with Gasteiger partial charge in [-0.1, -0.05) is 41.9 Å². The van der Waals surface area contributed by atoms with Crippen molar-refractivity contribution in [3.05, 3.63) is 87.2 Å². The summed E-state index contributed by atoms with van der Waals surface area (Å²) in [4.78, 5) is 13.8. The van der Waals surface area contributed by atoms with Crippen LogP contribution in [0.15, 0.2) is 69.9 Å². The molecule has 1 aromatic heterocycles. The van der Waals surface area contributed by atoms with Crippen molar-refractivity contribution in [2.24, 2.45) is 0 Å². The van der Waals surface area contributed by atoms with Crippen molar-refractivity contribution in [2.45, 2.75) is 13.0 Å². The third-order valence-corrected chi connectivity index (χ3v) is 5.64. The van der Waals surface area contributed by atoms with Crippen LogP contribution in [0, 0.1) is 0 Å². The Kier molecular flexibility index (Phi) is 4.30. The molecule has 5 heteroatoms. The average molecular weight is 393 g/mol. The van der Waals surface area contributed by atoms with E-state index in [1.54, 1.807) is 6.07 Å². The predicted octanol–water partition coefficient (Wildman–Crippen LogP) is 3.58. The van der Waals surface area contributed by atoms with Gasteiger partial charge in [0.25, 0.3) is 0 Å². The SMILES string of the molecule is O=c1oc2c3c(ccc2c2ccccc12)OC[NH+](CCc1ccc(Cl)cc1)C3. The molecule has 1 unspecified atom stereocenters. The molecule has 0 spiro atoms. The maximum atomic E-state index is 12.5. The van der Waals surface area contributed by atoms with Crippen LogP contribution in [-0.4, -0.2) is 13.3 Å². The van der Waals surface area contributed by atoms with Gasteiger partial charge in [-0.3, -0.25) is 4.90 Å². The molecule has 1 atom stereocenters. The summed E-state index contributed by atoms with van der Waals surface area (Å²) in [6.45, 7) is 2.29. The van der Waals surface area contributed by atoms with Gasteiger partial charge in [0.15, 0.2) is 5.58 Å². The first kappa shape index (κ1) is 17.3. The fourth-order valence-electron chi connectivity index (χ4n) is 3.90. The van der Waals surface area contributed by atoms with Gasteiger partial charge in [-0.25, -0.2) is 4.79 Å². The highest BCUT2D eigenvalue weighted by molar-refractivity contribution is 6.30. The van der Waals surface area contributed by atoms with Crippen LogP contribution >= 0.6 is 11.6 Å². The lowest BCUT2D eigenvalue weighted by atomic mass is 10.0. The minimum atomic E-state index is -0.301. The first-order valence-electron chi connectivity index (χ1n) is 9.37. The Labute approximate surface area is 166 Å². The molecule has 3 aromatic carbocycles. The van der Waals surface area contributed by atoms with E-state index in [1.165, 1.54) is 10.5 Å². The lowest BCUT2D eigenvalue weighted by Crippen LogP contribution is -3.12. The molecule has 4 aromatic rings. The molecule has 1 aliphatic rings. The van der Waals surface area contributed by atoms with Crippen molar-refractivity contribution >= 4 is 33.3 Å². The summed E-state index contributed by atoms with van der Waals surface area (Å²) in [6.07, 6.45) is 0.933. The predicted molar refractivity (Wildman–Crippen MR) is 110 cm³/mol. The normalized spacial score (nSPS) is 16.1. The van der Waals surface area contributed by atoms with Crippen LogP contribution in [0.4, 0.5) is 0 Å². The van der Waals surface area contributed by atoms with E-state index < -0.39 is 0 Å². The van der Waals surface area contributed by atoms with Gasteiger partial charge < -0.3 is 9.15 Å². The number of halogens is 1. The van der Waals surface area contributed by atoms with Crippen molar-refractivity contribution in [1.82, 2.24) is 0 Å². The van der Waals surface area contributed by atoms with Gasteiger partial charge in [0.2, 0.25) is 6.73 Å². The molecule has 1 aliphatic heterocycles. The summed E-state index contributed by atoms with van der Waals surface area (Å²) >= 11 is 5.97. The molecule has 0 fully saturated rings. The average Bonchev–Trinajstić information content (AvgIpc) is 2.73. The van der Waals surface area contributed by atoms with E-state index in [2.05, 4.69) is 12.1 Å². The number of nitrogens with one attached hydrogen (secondary N) is 1. The summed E-state index contributed by atoms with van der Waals surface area (Å²) < 4.78 is 11.7. The highest BCUT2D eigenvalue weighted by Crippen LogP contribution is 2.31. The molecule has 140 valence electrons. The molecular formula is C23H19ClNO3+. The van der Waals surface area contributed by atoms with Crippen LogP contribution in [0.5, 0.6) is 5.75 Å². The Morgan fingerprint density at radius 2 is 1.71 bits per heavy atom. The number of rotatable bonds is 3. The highest BCUT2D eigenvalue weighted by atomic mass is 35.5. The second-order valence-electron chi connectivity index (χ2n) is 7.20. The van der Waals surface area contributed by atoms with Crippen molar-refractivity contribution in [3.8, 4) is 5.75 Å². The van der Waals surface area contributed by atoms with Crippen LogP contribution < -0.4 is 15.3 Å². The van der Waals surface area contributed by atoms with Crippen LogP contribution in [0.1, 0.15) is 11.1 Å². The summed E-state index contributed by atoms with van der Waals surface area (Å²) in [7, 11) is 0. The smallest absolute Gasteiger partial charge is 0.344 e. The molecule has 0 radical (unpaired) electrons. The number of benzene rings is 3. The molecule has 2 heterocycles. The third kappa shape index (κ3) is 3.05. The lowest BCUT2D eigenvalue weighted by molar-refractivity contribution is -0.932. The quantitative estimate of drug-likeness (QED) is 0.428. The van der Waals surface area contributed by atoms with Gasteiger partial charge in [0, 0.05) is 16.8 Å². The third-order valence-electron chi connectivity index (χ3n) is 5.39. The van der Waals surface area contributed by atoms with Gasteiger partial charge in [0.05, 0.1) is 17.5 Å². The van der Waals surface area contributed by atoms with Gasteiger partial charge in [-0.05, 0) is 41.3 Å². The first-order valence-corrected chi connectivity index (χ1v) is 9.75. The van der Waals surface area contributed by atoms with E-state index in [0.717, 1.165) is 46.6 Å². The molecule has 0 amide bonds. The Balaban J connectivity index is 1.48. The molecule has 4 nitrogen and oxygen atoms in total. The van der Waals surface area contributed by atoms with Crippen molar-refractivity contribution < 1.29 is 14.1 Å². The monoisotopic (exact) mass is 392 g/mol. The Morgan fingerprint density at radius 3 is 2.54 bits per heavy atom. The first-order chi connectivity index (χ1) is 13.7. The van der Waals surface area contributed by atoms with E-state index in [1.807, 2.05) is 42.5 Å². The standard InChI is InChI=1S/C23H18ClNO3/c24-16-7-5-15(6-8-16)11-12-25-13-20-21(27-14-25)10-9-18-17-3-1-2-4-19(17)23(26)28-22(18)20/h1-10H,11-14H2/p+1. The van der Waals surface area contributed by atoms with E-state index in [-0.39, 0.29) is 5.63 Å². The number of hydrogen-bond acceptors (Lipinski definition) is 3. The topological polar surface area (TPSA) is 43.9 Å². The Bertz CT molecular complexity index is 1230. The minimum Gasteiger partial charge on any atom is -0.445 e. The zero-order valence-corrected chi connectivity index (χ0v) is 16.0. The highest BCUT2D eigenvalue weighted by Gasteiger charge is 2.25. The van der Waals surface area contributed by atoms with E-state index in [0.29, 0.717) is 17.7 Å². The number of hydrogen-bond donors (Lipinski definition) is 1. The van der Waals surface area contributed by atoms with Gasteiger partial charge in [0.1, 0.15) is 12.3 Å². The molecule has 28 heavy (non-hydrogen) atoms. The largest absolute Gasteiger partial charge is 0.445 e. The molecule has 0 bridgehead atoms. The van der Waals surface area contributed by atoms with Gasteiger partial charge >= 0.3 is 5.63 Å². The number of quaternary nitrogens is 1. The van der Waals surface area contributed by atoms with E-state index >= 15 is 0 Å². The summed E-state index contributed by atoms with van der Waals surface area (Å²) in [5.41, 5.74) is 2.56. The Hall–Kier alpha value is -2.82. The van der Waals surface area contributed by atoms with Crippen LogP contribution in [-0.2, 0) is 13.0 Å².